The zero-order chi connectivity index (χ0) is 25.8. The number of fused-ring (bicyclic) bond motifs is 1. The largest absolute Gasteiger partial charge is 0.493 e. The lowest BCUT2D eigenvalue weighted by Crippen LogP contribution is -2.53. The summed E-state index contributed by atoms with van der Waals surface area (Å²) in [6, 6.07) is 8.82. The Morgan fingerprint density at radius 1 is 1.14 bits per heavy atom. The number of carbonyl (C=O) groups is 1. The van der Waals surface area contributed by atoms with Crippen LogP contribution in [0.3, 0.4) is 0 Å². The number of carbonyl (C=O) groups excluding carboxylic acids is 1. The molecule has 190 valence electrons. The van der Waals surface area contributed by atoms with E-state index in [0.29, 0.717) is 51.2 Å². The van der Waals surface area contributed by atoms with E-state index >= 15 is 0 Å². The van der Waals surface area contributed by atoms with Crippen molar-refractivity contribution in [3.05, 3.63) is 65.8 Å². The van der Waals surface area contributed by atoms with Crippen LogP contribution in [-0.2, 0) is 6.61 Å². The molecule has 0 bridgehead atoms. The number of piperazine rings is 1. The predicted molar refractivity (Wildman–Crippen MR) is 138 cm³/mol. The number of benzene rings is 2. The normalized spacial score (nSPS) is 15.4. The van der Waals surface area contributed by atoms with Crippen molar-refractivity contribution in [3.63, 3.8) is 0 Å². The van der Waals surface area contributed by atoms with Crippen molar-refractivity contribution in [2.75, 3.05) is 26.7 Å². The minimum Gasteiger partial charge on any atom is -0.493 e. The second-order valence-electron chi connectivity index (χ2n) is 8.50. The van der Waals surface area contributed by atoms with Gasteiger partial charge in [-0.1, -0.05) is 11.6 Å². The van der Waals surface area contributed by atoms with Gasteiger partial charge >= 0.3 is 6.09 Å². The van der Waals surface area contributed by atoms with Crippen LogP contribution in [0.1, 0.15) is 12.6 Å². The number of hydrogen-bond acceptors (Lipinski definition) is 9. The lowest BCUT2D eigenvalue weighted by atomic mass is 10.1. The lowest BCUT2D eigenvalue weighted by Gasteiger charge is -2.33. The molecule has 1 N–H and O–H groups in total. The van der Waals surface area contributed by atoms with E-state index in [1.54, 1.807) is 54.0 Å². The van der Waals surface area contributed by atoms with Crippen molar-refractivity contribution in [3.8, 4) is 28.6 Å². The fourth-order valence-corrected chi connectivity index (χ4v) is 4.23. The van der Waals surface area contributed by atoms with Gasteiger partial charge in [-0.3, -0.25) is 9.97 Å². The fourth-order valence-electron chi connectivity index (χ4n) is 4.00. The highest BCUT2D eigenvalue weighted by Crippen LogP contribution is 2.34. The molecule has 0 radical (unpaired) electrons. The van der Waals surface area contributed by atoms with Crippen molar-refractivity contribution in [1.29, 1.82) is 0 Å². The summed E-state index contributed by atoms with van der Waals surface area (Å²) in [7, 11) is 1.52. The van der Waals surface area contributed by atoms with E-state index in [1.165, 1.54) is 7.11 Å². The molecule has 1 saturated heterocycles. The smallest absolute Gasteiger partial charge is 0.415 e. The molecule has 1 fully saturated rings. The van der Waals surface area contributed by atoms with Crippen LogP contribution in [0.2, 0.25) is 5.02 Å². The SMILES string of the molecule is COc1cc2nc(-c3ccc(OCc4cnccn4)c(Cl)c3)ncc2cc1OC(=O)N1CCNC[C@H]1C. The van der Waals surface area contributed by atoms with E-state index in [0.717, 1.165) is 18.7 Å². The number of rotatable bonds is 6. The quantitative estimate of drug-likeness (QED) is 0.401. The number of halogens is 1. The summed E-state index contributed by atoms with van der Waals surface area (Å²) in [5, 5.41) is 4.39. The highest BCUT2D eigenvalue weighted by Gasteiger charge is 2.26. The van der Waals surface area contributed by atoms with E-state index < -0.39 is 6.09 Å². The van der Waals surface area contributed by atoms with Crippen LogP contribution < -0.4 is 19.5 Å². The Hall–Kier alpha value is -4.02. The van der Waals surface area contributed by atoms with E-state index in [2.05, 4.69) is 25.3 Å². The van der Waals surface area contributed by atoms with Crippen LogP contribution in [0.5, 0.6) is 17.2 Å². The Balaban J connectivity index is 1.35. The molecule has 11 heteroatoms. The molecule has 1 atom stereocenters. The van der Waals surface area contributed by atoms with Gasteiger partial charge in [0.2, 0.25) is 0 Å². The third-order valence-electron chi connectivity index (χ3n) is 5.98. The molecular formula is C26H25ClN6O4. The topological polar surface area (TPSA) is 112 Å². The average Bonchev–Trinajstić information content (AvgIpc) is 2.92. The summed E-state index contributed by atoms with van der Waals surface area (Å²) < 4.78 is 17.0. The van der Waals surface area contributed by atoms with Crippen LogP contribution in [0.4, 0.5) is 4.79 Å². The standard InChI is InChI=1S/C26H25ClN6O4/c1-16-12-29-7-8-33(16)26(34)37-24-10-18-13-31-25(32-21(18)11-23(24)35-2)17-3-4-22(20(27)9-17)36-15-19-14-28-5-6-30-19/h3-6,9-11,13-14,16,29H,7-8,12,15H2,1-2H3/t16-/m1/s1. The zero-order valence-corrected chi connectivity index (χ0v) is 21.1. The monoisotopic (exact) mass is 520 g/mol. The molecule has 3 heterocycles. The zero-order valence-electron chi connectivity index (χ0n) is 20.3. The van der Waals surface area contributed by atoms with E-state index in [9.17, 15) is 4.79 Å². The van der Waals surface area contributed by atoms with Crippen molar-refractivity contribution >= 4 is 28.6 Å². The van der Waals surface area contributed by atoms with Gasteiger partial charge in [0.05, 0.1) is 29.5 Å². The van der Waals surface area contributed by atoms with Crippen LogP contribution in [0, 0.1) is 0 Å². The average molecular weight is 521 g/mol. The van der Waals surface area contributed by atoms with Gasteiger partial charge in [-0.15, -0.1) is 0 Å². The van der Waals surface area contributed by atoms with Crippen LogP contribution in [0.25, 0.3) is 22.3 Å². The maximum Gasteiger partial charge on any atom is 0.415 e. The van der Waals surface area contributed by atoms with Gasteiger partial charge in [0.1, 0.15) is 12.4 Å². The fraction of sp³-hybridized carbons (Fsp3) is 0.269. The molecule has 37 heavy (non-hydrogen) atoms. The number of methoxy groups -OCH3 is 1. The van der Waals surface area contributed by atoms with Crippen LogP contribution in [0.15, 0.2) is 55.1 Å². The Morgan fingerprint density at radius 2 is 2.03 bits per heavy atom. The van der Waals surface area contributed by atoms with E-state index in [1.807, 2.05) is 13.0 Å². The summed E-state index contributed by atoms with van der Waals surface area (Å²) >= 11 is 6.46. The van der Waals surface area contributed by atoms with Crippen molar-refractivity contribution in [1.82, 2.24) is 30.2 Å². The molecule has 10 nitrogen and oxygen atoms in total. The highest BCUT2D eigenvalue weighted by atomic mass is 35.5. The first kappa shape index (κ1) is 24.7. The molecule has 4 aromatic rings. The van der Waals surface area contributed by atoms with Gasteiger partial charge in [-0.05, 0) is 31.2 Å². The van der Waals surface area contributed by atoms with Gasteiger partial charge in [0.25, 0.3) is 0 Å². The number of ether oxygens (including phenoxy) is 3. The first-order chi connectivity index (χ1) is 18.0. The summed E-state index contributed by atoms with van der Waals surface area (Å²) in [6.07, 6.45) is 6.10. The maximum absolute atomic E-state index is 12.8. The maximum atomic E-state index is 12.8. The Labute approximate surface area is 218 Å². The van der Waals surface area contributed by atoms with E-state index in [4.69, 9.17) is 25.8 Å². The summed E-state index contributed by atoms with van der Waals surface area (Å²) in [5.41, 5.74) is 2.05. The van der Waals surface area contributed by atoms with E-state index in [-0.39, 0.29) is 12.6 Å². The molecule has 0 aliphatic carbocycles. The molecule has 1 aliphatic rings. The summed E-state index contributed by atoms with van der Waals surface area (Å²) in [6.45, 7) is 4.25. The summed E-state index contributed by atoms with van der Waals surface area (Å²) in [5.74, 6) is 1.72. The molecule has 2 aromatic heterocycles. The first-order valence-electron chi connectivity index (χ1n) is 11.7. The Morgan fingerprint density at radius 3 is 2.78 bits per heavy atom. The van der Waals surface area contributed by atoms with Gasteiger partial charge in [0, 0.05) is 61.3 Å². The third-order valence-corrected chi connectivity index (χ3v) is 6.28. The molecule has 0 unspecified atom stereocenters. The molecule has 0 spiro atoms. The second kappa shape index (κ2) is 10.9. The van der Waals surface area contributed by atoms with Crippen molar-refractivity contribution < 1.29 is 19.0 Å². The second-order valence-corrected chi connectivity index (χ2v) is 8.91. The van der Waals surface area contributed by atoms with Gasteiger partial charge in [-0.2, -0.15) is 0 Å². The molecule has 1 aliphatic heterocycles. The molecule has 0 saturated carbocycles. The van der Waals surface area contributed by atoms with Crippen LogP contribution >= 0.6 is 11.6 Å². The van der Waals surface area contributed by atoms with Crippen molar-refractivity contribution in [2.24, 2.45) is 0 Å². The molecular weight excluding hydrogens is 496 g/mol. The number of amides is 1. The first-order valence-corrected chi connectivity index (χ1v) is 12.1. The minimum atomic E-state index is -0.416. The number of nitrogens with zero attached hydrogens (tertiary/aromatic N) is 5. The highest BCUT2D eigenvalue weighted by molar-refractivity contribution is 6.32. The number of nitrogens with one attached hydrogen (secondary N) is 1. The number of aromatic nitrogens is 4. The van der Waals surface area contributed by atoms with Gasteiger partial charge in [0.15, 0.2) is 17.3 Å². The van der Waals surface area contributed by atoms with Gasteiger partial charge in [-0.25, -0.2) is 14.8 Å². The Bertz CT molecular complexity index is 1420. The summed E-state index contributed by atoms with van der Waals surface area (Å²) in [4.78, 5) is 31.8. The number of hydrogen-bond donors (Lipinski definition) is 1. The molecule has 2 aromatic carbocycles. The lowest BCUT2D eigenvalue weighted by molar-refractivity contribution is 0.123. The minimum absolute atomic E-state index is 0.0363. The van der Waals surface area contributed by atoms with Crippen molar-refractivity contribution in [2.45, 2.75) is 19.6 Å². The predicted octanol–water partition coefficient (Wildman–Crippen LogP) is 4.12. The molecule has 1 amide bonds. The molecule has 5 rings (SSSR count). The van der Waals surface area contributed by atoms with Gasteiger partial charge < -0.3 is 24.4 Å². The van der Waals surface area contributed by atoms with Crippen LogP contribution in [-0.4, -0.2) is 63.7 Å². The third kappa shape index (κ3) is 5.55. The Kier molecular flexibility index (Phi) is 7.29.